The molecule has 0 aliphatic carbocycles. The van der Waals surface area contributed by atoms with Gasteiger partial charge >= 0.3 is 0 Å². The predicted molar refractivity (Wildman–Crippen MR) is 237 cm³/mol. The molecule has 4 rings (SSSR count). The van der Waals surface area contributed by atoms with Crippen molar-refractivity contribution in [1.29, 1.82) is 5.26 Å². The van der Waals surface area contributed by atoms with Gasteiger partial charge in [0.1, 0.15) is 55.4 Å². The zero-order valence-corrected chi connectivity index (χ0v) is 36.4. The highest BCUT2D eigenvalue weighted by molar-refractivity contribution is 7.80. The van der Waals surface area contributed by atoms with Crippen LogP contribution in [0.3, 0.4) is 0 Å². The Labute approximate surface area is 364 Å². The lowest BCUT2D eigenvalue weighted by atomic mass is 9.93. The molecule has 0 saturated heterocycles. The summed E-state index contributed by atoms with van der Waals surface area (Å²) in [6.07, 6.45) is 6.72. The van der Waals surface area contributed by atoms with Gasteiger partial charge in [-0.3, -0.25) is 24.0 Å². The summed E-state index contributed by atoms with van der Waals surface area (Å²) in [5.41, 5.74) is 15.9. The summed E-state index contributed by atoms with van der Waals surface area (Å²) in [4.78, 5) is 70.7. The van der Waals surface area contributed by atoms with Gasteiger partial charge in [-0.05, 0) is 79.3 Å². The molecule has 0 aromatic heterocycles. The van der Waals surface area contributed by atoms with E-state index in [9.17, 15) is 24.0 Å². The van der Waals surface area contributed by atoms with Crippen LogP contribution in [0.15, 0.2) is 54.6 Å². The number of nitrogens with zero attached hydrogens (tertiary/aromatic N) is 2. The average molecular weight is 857 g/mol. The van der Waals surface area contributed by atoms with Crippen molar-refractivity contribution in [1.82, 2.24) is 26.2 Å². The van der Waals surface area contributed by atoms with E-state index in [1.165, 1.54) is 38.1 Å². The van der Waals surface area contributed by atoms with Gasteiger partial charge in [0.15, 0.2) is 0 Å². The Morgan fingerprint density at radius 1 is 0.934 bits per heavy atom. The third-order valence-electron chi connectivity index (χ3n) is 10.4. The van der Waals surface area contributed by atoms with E-state index in [2.05, 4.69) is 40.8 Å². The number of hydrogen-bond donors (Lipinski definition) is 7. The molecule has 3 aromatic carbocycles. The molecule has 4 bridgehead atoms. The molecule has 0 spiro atoms. The number of benzene rings is 3. The summed E-state index contributed by atoms with van der Waals surface area (Å²) >= 11 is 4.44. The van der Waals surface area contributed by atoms with Crippen LogP contribution in [0.25, 0.3) is 11.1 Å². The van der Waals surface area contributed by atoms with Crippen molar-refractivity contribution < 1.29 is 33.4 Å². The quantitative estimate of drug-likeness (QED) is 0.0529. The van der Waals surface area contributed by atoms with Crippen molar-refractivity contribution in [3.63, 3.8) is 0 Å². The number of likely N-dealkylation sites (N-methyl/N-ethyl adjacent to an activating group) is 1. The number of nitrogens with one attached hydrogen (secondary N) is 4. The molecule has 61 heavy (non-hydrogen) atoms. The molecule has 0 radical (unpaired) electrons. The van der Waals surface area contributed by atoms with Crippen LogP contribution in [-0.4, -0.2) is 98.2 Å². The SMILES string of the molecule is CCCCCCCc1ccc(C(=O)NC(CS)C(=O)N(C)C2C(=O)NC(C)C(=O)NC(C(=O)NCC#N)Cc3ccc(OCCN)c(c3)-c3cc2ccc3OCCN)c(C)c1. The zero-order chi connectivity index (χ0) is 44.5. The van der Waals surface area contributed by atoms with E-state index >= 15 is 0 Å². The van der Waals surface area contributed by atoms with Crippen molar-refractivity contribution in [3.05, 3.63) is 82.4 Å². The van der Waals surface area contributed by atoms with Crippen molar-refractivity contribution in [2.45, 2.75) is 89.9 Å². The standard InChI is InChI=1S/C45H60N8O7S/c1-5-6-7-8-9-10-30-11-14-33(28(2)23-30)42(55)52-37(27-61)45(58)53(4)40-32-13-16-39(60-22-19-48)35(26-32)34-24-31(12-15-38(34)59-21-18-47)25-36(43(56)49-20-17-46)51-41(54)29(3)50-44(40)57/h11-16,23-24,26,29,36-37,40,61H,5-10,18-22,25,27,47-48H2,1-4H3,(H,49,56)(H,50,57)(H,51,54)(H,52,55). The zero-order valence-electron chi connectivity index (χ0n) is 35.6. The number of unbranched alkanes of at least 4 members (excludes halogenated alkanes) is 4. The number of nitrogens with two attached hydrogens (primary N) is 2. The van der Waals surface area contributed by atoms with Gasteiger partial charge in [-0.15, -0.1) is 0 Å². The highest BCUT2D eigenvalue weighted by Gasteiger charge is 2.36. The molecule has 1 heterocycles. The van der Waals surface area contributed by atoms with Crippen LogP contribution >= 0.6 is 12.6 Å². The maximum absolute atomic E-state index is 14.5. The lowest BCUT2D eigenvalue weighted by Gasteiger charge is -2.32. The number of carbonyl (C=O) groups is 5. The van der Waals surface area contributed by atoms with Crippen molar-refractivity contribution >= 4 is 42.2 Å². The Kier molecular flexibility index (Phi) is 18.9. The van der Waals surface area contributed by atoms with E-state index in [1.54, 1.807) is 42.5 Å². The first-order valence-electron chi connectivity index (χ1n) is 20.8. The first-order chi connectivity index (χ1) is 29.4. The Morgan fingerprint density at radius 2 is 1.61 bits per heavy atom. The maximum atomic E-state index is 14.5. The maximum Gasteiger partial charge on any atom is 0.252 e. The largest absolute Gasteiger partial charge is 0.492 e. The third kappa shape index (κ3) is 13.2. The minimum atomic E-state index is -1.35. The summed E-state index contributed by atoms with van der Waals surface area (Å²) in [7, 11) is 1.44. The molecular weight excluding hydrogens is 797 g/mol. The number of thiol groups is 1. The number of amides is 5. The average Bonchev–Trinajstić information content (AvgIpc) is 3.25. The number of carbonyl (C=O) groups excluding carboxylic acids is 5. The van der Waals surface area contributed by atoms with Crippen molar-refractivity contribution in [2.24, 2.45) is 11.5 Å². The first-order valence-corrected chi connectivity index (χ1v) is 21.5. The Hall–Kier alpha value is -5.63. The van der Waals surface area contributed by atoms with Gasteiger partial charge in [0.25, 0.3) is 5.91 Å². The fourth-order valence-electron chi connectivity index (χ4n) is 7.20. The predicted octanol–water partition coefficient (Wildman–Crippen LogP) is 3.26. The van der Waals surface area contributed by atoms with Gasteiger partial charge < -0.3 is 47.1 Å². The van der Waals surface area contributed by atoms with Gasteiger partial charge in [-0.1, -0.05) is 56.9 Å². The summed E-state index contributed by atoms with van der Waals surface area (Å²) in [5, 5.41) is 19.9. The first kappa shape index (κ1) is 48.0. The van der Waals surface area contributed by atoms with Crippen molar-refractivity contribution in [3.8, 4) is 28.7 Å². The number of aryl methyl sites for hydroxylation is 2. The summed E-state index contributed by atoms with van der Waals surface area (Å²) in [5.74, 6) is -2.36. The Balaban J connectivity index is 1.77. The molecule has 0 fully saturated rings. The van der Waals surface area contributed by atoms with Crippen LogP contribution in [0.4, 0.5) is 0 Å². The minimum Gasteiger partial charge on any atom is -0.492 e. The summed E-state index contributed by atoms with van der Waals surface area (Å²) in [6.45, 7) is 5.95. The fraction of sp³-hybridized carbons (Fsp3) is 0.467. The second kappa shape index (κ2) is 24.0. The lowest BCUT2D eigenvalue weighted by Crippen LogP contribution is -2.56. The van der Waals surface area contributed by atoms with Gasteiger partial charge in [-0.25, -0.2) is 0 Å². The van der Waals surface area contributed by atoms with Crippen LogP contribution in [-0.2, 0) is 32.0 Å². The van der Waals surface area contributed by atoms with E-state index in [0.29, 0.717) is 39.3 Å². The monoisotopic (exact) mass is 856 g/mol. The van der Waals surface area contributed by atoms with Gasteiger partial charge in [-0.2, -0.15) is 17.9 Å². The summed E-state index contributed by atoms with van der Waals surface area (Å²) in [6, 6.07) is 13.0. The molecular formula is C45H60N8O7S. The Bertz CT molecular complexity index is 2060. The number of hydrogen-bond acceptors (Lipinski definition) is 11. The van der Waals surface area contributed by atoms with E-state index in [-0.39, 0.29) is 45.0 Å². The highest BCUT2D eigenvalue weighted by atomic mass is 32.1. The van der Waals surface area contributed by atoms with Crippen LogP contribution in [0, 0.1) is 18.3 Å². The smallest absolute Gasteiger partial charge is 0.252 e. The Morgan fingerprint density at radius 3 is 2.25 bits per heavy atom. The van der Waals surface area contributed by atoms with Crippen LogP contribution in [0.1, 0.15) is 84.6 Å². The number of rotatable bonds is 19. The number of nitriles is 1. The minimum absolute atomic E-state index is 0.0199. The lowest BCUT2D eigenvalue weighted by molar-refractivity contribution is -0.141. The molecule has 4 unspecified atom stereocenters. The highest BCUT2D eigenvalue weighted by Crippen LogP contribution is 2.40. The molecule has 8 N–H and O–H groups in total. The van der Waals surface area contributed by atoms with E-state index < -0.39 is 53.7 Å². The molecule has 16 heteroatoms. The molecule has 1 aliphatic rings. The van der Waals surface area contributed by atoms with E-state index in [4.69, 9.17) is 26.2 Å². The molecule has 0 saturated carbocycles. The molecule has 4 atom stereocenters. The van der Waals surface area contributed by atoms with E-state index in [0.717, 1.165) is 30.4 Å². The van der Waals surface area contributed by atoms with Crippen LogP contribution in [0.2, 0.25) is 0 Å². The third-order valence-corrected chi connectivity index (χ3v) is 10.8. The van der Waals surface area contributed by atoms with Crippen molar-refractivity contribution in [2.75, 3.05) is 45.6 Å². The summed E-state index contributed by atoms with van der Waals surface area (Å²) < 4.78 is 12.2. The van der Waals surface area contributed by atoms with Gasteiger partial charge in [0, 0.05) is 49.0 Å². The molecule has 5 amide bonds. The van der Waals surface area contributed by atoms with Crippen LogP contribution < -0.4 is 42.2 Å². The van der Waals surface area contributed by atoms with Crippen LogP contribution in [0.5, 0.6) is 11.5 Å². The second-order valence-corrected chi connectivity index (χ2v) is 15.5. The number of ether oxygens (including phenoxy) is 2. The molecule has 1 aliphatic heterocycles. The molecule has 328 valence electrons. The van der Waals surface area contributed by atoms with E-state index in [1.807, 2.05) is 25.1 Å². The second-order valence-electron chi connectivity index (χ2n) is 15.1. The van der Waals surface area contributed by atoms with Gasteiger partial charge in [0.05, 0.1) is 6.07 Å². The van der Waals surface area contributed by atoms with Gasteiger partial charge in [0.2, 0.25) is 23.6 Å². The fourth-order valence-corrected chi connectivity index (χ4v) is 7.44. The normalized spacial score (nSPS) is 16.8. The molecule has 3 aromatic rings. The number of fused-ring (bicyclic) bond motifs is 5. The topological polar surface area (TPSA) is 231 Å². The molecule has 15 nitrogen and oxygen atoms in total.